The fourth-order valence-corrected chi connectivity index (χ4v) is 3.87. The zero-order chi connectivity index (χ0) is 15.6. The van der Waals surface area contributed by atoms with Crippen molar-refractivity contribution in [2.24, 2.45) is 0 Å². The summed E-state index contributed by atoms with van der Waals surface area (Å²) in [7, 11) is -3.77. The molecule has 114 valence electrons. The Morgan fingerprint density at radius 2 is 1.45 bits per heavy atom. The van der Waals surface area contributed by atoms with Crippen molar-refractivity contribution < 1.29 is 13.2 Å². The first-order chi connectivity index (χ1) is 10.6. The zero-order valence-electron chi connectivity index (χ0n) is 11.8. The van der Waals surface area contributed by atoms with Crippen LogP contribution in [0.4, 0.5) is 0 Å². The summed E-state index contributed by atoms with van der Waals surface area (Å²) in [4.78, 5) is 12.1. The van der Waals surface area contributed by atoms with Gasteiger partial charge in [0.1, 0.15) is 6.04 Å². The molecular weight excluding hydrogens is 300 g/mol. The fraction of sp³-hybridized carbons (Fsp3) is 0.188. The van der Waals surface area contributed by atoms with E-state index in [9.17, 15) is 13.2 Å². The highest BCUT2D eigenvalue weighted by Crippen LogP contribution is 2.21. The summed E-state index contributed by atoms with van der Waals surface area (Å²) in [6, 6.07) is 17.9. The van der Waals surface area contributed by atoms with Crippen LogP contribution in [0, 0.1) is 0 Å². The van der Waals surface area contributed by atoms with Crippen LogP contribution in [0.5, 0.6) is 0 Å². The van der Waals surface area contributed by atoms with Crippen LogP contribution in [0.25, 0.3) is 0 Å². The van der Waals surface area contributed by atoms with Crippen molar-refractivity contribution in [3.05, 3.63) is 71.8 Å². The Bertz CT molecular complexity index is 760. The molecule has 1 saturated heterocycles. The van der Waals surface area contributed by atoms with Gasteiger partial charge in [-0.1, -0.05) is 60.7 Å². The van der Waals surface area contributed by atoms with Crippen molar-refractivity contribution in [2.45, 2.75) is 19.0 Å². The molecule has 1 fully saturated rings. The number of hydrogen-bond acceptors (Lipinski definition) is 3. The number of nitrogens with zero attached hydrogens (tertiary/aromatic N) is 1. The van der Waals surface area contributed by atoms with Gasteiger partial charge in [-0.3, -0.25) is 4.79 Å². The molecule has 0 spiro atoms. The van der Waals surface area contributed by atoms with E-state index in [-0.39, 0.29) is 6.54 Å². The summed E-state index contributed by atoms with van der Waals surface area (Å²) in [5.74, 6) is -0.472. The van der Waals surface area contributed by atoms with Crippen LogP contribution >= 0.6 is 0 Å². The molecule has 1 heterocycles. The summed E-state index contributed by atoms with van der Waals surface area (Å²) >= 11 is 0. The highest BCUT2D eigenvalue weighted by molar-refractivity contribution is 7.88. The molecule has 2 aromatic carbocycles. The monoisotopic (exact) mass is 316 g/mol. The Hall–Kier alpha value is -2.18. The number of amides is 1. The third-order valence-corrected chi connectivity index (χ3v) is 5.10. The van der Waals surface area contributed by atoms with E-state index in [1.165, 1.54) is 4.31 Å². The predicted octanol–water partition coefficient (Wildman–Crippen LogP) is 1.47. The van der Waals surface area contributed by atoms with E-state index < -0.39 is 22.2 Å². The average molecular weight is 316 g/mol. The standard InChI is InChI=1S/C16H16N2O3S/c19-16-15(11-13-7-3-1-4-8-13)18(22(20,21)17-16)12-14-9-5-2-6-10-14/h1-10,15H,11-12H2,(H,17,19). The molecule has 0 saturated carbocycles. The van der Waals surface area contributed by atoms with Crippen molar-refractivity contribution >= 4 is 16.1 Å². The molecule has 3 rings (SSSR count). The number of rotatable bonds is 4. The van der Waals surface area contributed by atoms with E-state index >= 15 is 0 Å². The molecular formula is C16H16N2O3S. The van der Waals surface area contributed by atoms with Gasteiger partial charge in [0.15, 0.2) is 0 Å². The summed E-state index contributed by atoms with van der Waals surface area (Å²) in [5.41, 5.74) is 1.78. The number of hydrogen-bond donors (Lipinski definition) is 1. The number of carbonyl (C=O) groups is 1. The molecule has 6 heteroatoms. The van der Waals surface area contributed by atoms with Crippen molar-refractivity contribution in [1.29, 1.82) is 0 Å². The second-order valence-corrected chi connectivity index (χ2v) is 6.83. The van der Waals surface area contributed by atoms with Crippen LogP contribution in [0.2, 0.25) is 0 Å². The lowest BCUT2D eigenvalue weighted by Gasteiger charge is -2.20. The van der Waals surface area contributed by atoms with E-state index in [0.29, 0.717) is 6.42 Å². The molecule has 1 aliphatic rings. The molecule has 0 aromatic heterocycles. The number of benzene rings is 2. The third kappa shape index (κ3) is 3.03. The van der Waals surface area contributed by atoms with Crippen LogP contribution in [0.3, 0.4) is 0 Å². The lowest BCUT2D eigenvalue weighted by Crippen LogP contribution is -2.36. The van der Waals surface area contributed by atoms with Gasteiger partial charge in [-0.15, -0.1) is 0 Å². The first-order valence-electron chi connectivity index (χ1n) is 6.97. The summed E-state index contributed by atoms with van der Waals surface area (Å²) in [6.45, 7) is 0.180. The lowest BCUT2D eigenvalue weighted by atomic mass is 10.1. The van der Waals surface area contributed by atoms with Crippen LogP contribution in [0.15, 0.2) is 60.7 Å². The van der Waals surface area contributed by atoms with Gasteiger partial charge in [0.25, 0.3) is 5.91 Å². The molecule has 0 radical (unpaired) electrons. The first kappa shape index (κ1) is 14.7. The predicted molar refractivity (Wildman–Crippen MR) is 83.0 cm³/mol. The van der Waals surface area contributed by atoms with Crippen LogP contribution in [-0.2, 0) is 28.0 Å². The summed E-state index contributed by atoms with van der Waals surface area (Å²) in [5, 5.41) is 0. The van der Waals surface area contributed by atoms with E-state index in [4.69, 9.17) is 0 Å². The van der Waals surface area contributed by atoms with E-state index in [0.717, 1.165) is 11.1 Å². The highest BCUT2D eigenvalue weighted by Gasteiger charge is 2.43. The molecule has 22 heavy (non-hydrogen) atoms. The molecule has 1 atom stereocenters. The van der Waals surface area contributed by atoms with E-state index in [1.807, 2.05) is 60.7 Å². The van der Waals surface area contributed by atoms with E-state index in [1.54, 1.807) is 0 Å². The molecule has 1 amide bonds. The molecule has 1 unspecified atom stereocenters. The van der Waals surface area contributed by atoms with Gasteiger partial charge in [0.2, 0.25) is 0 Å². The van der Waals surface area contributed by atoms with Crippen LogP contribution < -0.4 is 4.72 Å². The minimum atomic E-state index is -3.77. The van der Waals surface area contributed by atoms with Crippen molar-refractivity contribution in [2.75, 3.05) is 0 Å². The lowest BCUT2D eigenvalue weighted by molar-refractivity contribution is -0.121. The summed E-state index contributed by atoms with van der Waals surface area (Å²) < 4.78 is 27.7. The molecule has 1 aliphatic heterocycles. The molecule has 5 nitrogen and oxygen atoms in total. The van der Waals surface area contributed by atoms with Gasteiger partial charge in [-0.25, -0.2) is 4.72 Å². The minimum absolute atomic E-state index is 0.180. The highest BCUT2D eigenvalue weighted by atomic mass is 32.2. The van der Waals surface area contributed by atoms with Crippen molar-refractivity contribution in [3.8, 4) is 0 Å². The van der Waals surface area contributed by atoms with Gasteiger partial charge in [0, 0.05) is 6.54 Å². The zero-order valence-corrected chi connectivity index (χ0v) is 12.7. The molecule has 1 N–H and O–H groups in total. The van der Waals surface area contributed by atoms with Crippen LogP contribution in [-0.4, -0.2) is 24.7 Å². The Morgan fingerprint density at radius 1 is 0.909 bits per heavy atom. The number of carbonyl (C=O) groups excluding carboxylic acids is 1. The molecule has 0 bridgehead atoms. The maximum atomic E-state index is 12.2. The average Bonchev–Trinajstić information content (AvgIpc) is 2.72. The second kappa shape index (κ2) is 5.90. The van der Waals surface area contributed by atoms with E-state index in [2.05, 4.69) is 4.72 Å². The smallest absolute Gasteiger partial charge is 0.272 e. The SMILES string of the molecule is O=C1NS(=O)(=O)N(Cc2ccccc2)C1Cc1ccccc1. The third-order valence-electron chi connectivity index (χ3n) is 3.64. The van der Waals surface area contributed by atoms with Gasteiger partial charge in [0.05, 0.1) is 0 Å². The Balaban J connectivity index is 1.87. The maximum Gasteiger partial charge on any atom is 0.304 e. The topological polar surface area (TPSA) is 66.5 Å². The van der Waals surface area contributed by atoms with Gasteiger partial charge < -0.3 is 0 Å². The minimum Gasteiger partial charge on any atom is -0.272 e. The Morgan fingerprint density at radius 3 is 2.05 bits per heavy atom. The quantitative estimate of drug-likeness (QED) is 0.929. The van der Waals surface area contributed by atoms with Gasteiger partial charge in [-0.05, 0) is 17.5 Å². The molecule has 2 aromatic rings. The van der Waals surface area contributed by atoms with Gasteiger partial charge >= 0.3 is 10.2 Å². The Labute approximate surface area is 129 Å². The fourth-order valence-electron chi connectivity index (χ4n) is 2.54. The number of nitrogens with one attached hydrogen (secondary N) is 1. The normalized spacial score (nSPS) is 20.7. The first-order valence-corrected chi connectivity index (χ1v) is 8.41. The van der Waals surface area contributed by atoms with Crippen molar-refractivity contribution in [1.82, 2.24) is 9.03 Å². The molecule has 0 aliphatic carbocycles. The summed E-state index contributed by atoms with van der Waals surface area (Å²) in [6.07, 6.45) is 0.360. The largest absolute Gasteiger partial charge is 0.304 e. The maximum absolute atomic E-state index is 12.2. The second-order valence-electron chi connectivity index (χ2n) is 5.21. The van der Waals surface area contributed by atoms with Gasteiger partial charge in [-0.2, -0.15) is 12.7 Å². The Kier molecular flexibility index (Phi) is 3.96. The van der Waals surface area contributed by atoms with Crippen LogP contribution in [0.1, 0.15) is 11.1 Å². The van der Waals surface area contributed by atoms with Crippen molar-refractivity contribution in [3.63, 3.8) is 0 Å².